The van der Waals surface area contributed by atoms with E-state index in [1.165, 1.54) is 30.3 Å². The highest BCUT2D eigenvalue weighted by molar-refractivity contribution is 9.10. The van der Waals surface area contributed by atoms with Crippen LogP contribution in [0.4, 0.5) is 5.69 Å². The number of rotatable bonds is 10. The first kappa shape index (κ1) is 26.2. The van der Waals surface area contributed by atoms with Gasteiger partial charge in [0.05, 0.1) is 10.7 Å². The van der Waals surface area contributed by atoms with Gasteiger partial charge in [-0.2, -0.15) is 0 Å². The Balaban J connectivity index is 1.63. The van der Waals surface area contributed by atoms with Crippen LogP contribution in [0.2, 0.25) is 0 Å². The standard InChI is InChI=1S/C25H30BrN3O4S/c1-18(25(31)27-22-5-3-2-4-6-22)28(15-19-7-11-21(26)12-8-19)24(30)17-34-16-20-9-13-23(14-10-20)29(32)33/h7-14,18,22H,2-6,15-17H2,1H3,(H,27,31)/t18-/m1/s1. The number of halogens is 1. The highest BCUT2D eigenvalue weighted by atomic mass is 79.9. The van der Waals surface area contributed by atoms with Crippen LogP contribution in [0, 0.1) is 10.1 Å². The number of hydrogen-bond donors (Lipinski definition) is 1. The van der Waals surface area contributed by atoms with Crippen molar-refractivity contribution in [2.75, 3.05) is 5.75 Å². The van der Waals surface area contributed by atoms with Crippen molar-refractivity contribution >= 4 is 45.2 Å². The van der Waals surface area contributed by atoms with Crippen LogP contribution in [0.5, 0.6) is 0 Å². The Morgan fingerprint density at radius 1 is 1.09 bits per heavy atom. The third kappa shape index (κ3) is 7.84. The number of carbonyl (C=O) groups is 2. The molecule has 9 heteroatoms. The van der Waals surface area contributed by atoms with Crippen molar-refractivity contribution in [3.8, 4) is 0 Å². The van der Waals surface area contributed by atoms with E-state index in [-0.39, 0.29) is 29.3 Å². The van der Waals surface area contributed by atoms with Crippen LogP contribution in [0.15, 0.2) is 53.0 Å². The highest BCUT2D eigenvalue weighted by Crippen LogP contribution is 2.21. The predicted octanol–water partition coefficient (Wildman–Crippen LogP) is 5.46. The predicted molar refractivity (Wildman–Crippen MR) is 138 cm³/mol. The fourth-order valence-corrected chi connectivity index (χ4v) is 5.13. The van der Waals surface area contributed by atoms with Gasteiger partial charge >= 0.3 is 0 Å². The Morgan fingerprint density at radius 3 is 2.32 bits per heavy atom. The van der Waals surface area contributed by atoms with E-state index in [1.54, 1.807) is 24.0 Å². The number of nitro groups is 1. The molecule has 2 aromatic carbocycles. The van der Waals surface area contributed by atoms with Crippen LogP contribution in [0.1, 0.15) is 50.2 Å². The molecule has 0 heterocycles. The van der Waals surface area contributed by atoms with Crippen molar-refractivity contribution in [3.05, 3.63) is 74.2 Å². The van der Waals surface area contributed by atoms with Crippen LogP contribution in [-0.4, -0.2) is 39.5 Å². The number of carbonyl (C=O) groups excluding carboxylic acids is 2. The molecule has 1 fully saturated rings. The molecular formula is C25H30BrN3O4S. The number of nitrogens with zero attached hydrogens (tertiary/aromatic N) is 2. The fourth-order valence-electron chi connectivity index (χ4n) is 3.99. The van der Waals surface area contributed by atoms with E-state index in [9.17, 15) is 19.7 Å². The summed E-state index contributed by atoms with van der Waals surface area (Å²) in [6, 6.07) is 13.7. The van der Waals surface area contributed by atoms with Gasteiger partial charge in [-0.15, -0.1) is 11.8 Å². The third-order valence-corrected chi connectivity index (χ3v) is 7.54. The smallest absolute Gasteiger partial charge is 0.269 e. The Hall–Kier alpha value is -2.39. The SMILES string of the molecule is C[C@H](C(=O)NC1CCCCC1)N(Cc1ccc(Br)cc1)C(=O)CSCc1ccc([N+](=O)[O-])cc1. The van der Waals surface area contributed by atoms with Gasteiger partial charge in [-0.3, -0.25) is 19.7 Å². The molecule has 1 aliphatic carbocycles. The second kappa shape index (κ2) is 12.9. The van der Waals surface area contributed by atoms with Crippen LogP contribution in [0.3, 0.4) is 0 Å². The molecule has 7 nitrogen and oxygen atoms in total. The number of nitrogens with one attached hydrogen (secondary N) is 1. The van der Waals surface area contributed by atoms with E-state index >= 15 is 0 Å². The number of thioether (sulfide) groups is 1. The van der Waals surface area contributed by atoms with Gasteiger partial charge in [-0.1, -0.05) is 59.5 Å². The van der Waals surface area contributed by atoms with Gasteiger partial charge in [0, 0.05) is 34.9 Å². The Kier molecular flexibility index (Phi) is 9.95. The van der Waals surface area contributed by atoms with Gasteiger partial charge in [0.25, 0.3) is 5.69 Å². The third-order valence-electron chi connectivity index (χ3n) is 6.03. The minimum atomic E-state index is -0.585. The molecular weight excluding hydrogens is 518 g/mol. The van der Waals surface area contributed by atoms with Gasteiger partial charge in [-0.25, -0.2) is 0 Å². The quantitative estimate of drug-likeness (QED) is 0.315. The summed E-state index contributed by atoms with van der Waals surface area (Å²) in [5.74, 6) is 0.548. The largest absolute Gasteiger partial charge is 0.352 e. The van der Waals surface area contributed by atoms with Crippen molar-refractivity contribution < 1.29 is 14.5 Å². The summed E-state index contributed by atoms with van der Waals surface area (Å²) in [5.41, 5.74) is 1.91. The molecule has 1 aliphatic rings. The van der Waals surface area contributed by atoms with E-state index in [4.69, 9.17) is 0 Å². The summed E-state index contributed by atoms with van der Waals surface area (Å²) in [7, 11) is 0. The maximum Gasteiger partial charge on any atom is 0.269 e. The summed E-state index contributed by atoms with van der Waals surface area (Å²) in [6.45, 7) is 2.14. The van der Waals surface area contributed by atoms with E-state index in [0.717, 1.165) is 41.3 Å². The lowest BCUT2D eigenvalue weighted by Gasteiger charge is -2.31. The molecule has 1 saturated carbocycles. The average Bonchev–Trinajstić information content (AvgIpc) is 2.84. The number of nitro benzene ring substituents is 1. The lowest BCUT2D eigenvalue weighted by molar-refractivity contribution is -0.384. The first-order valence-corrected chi connectivity index (χ1v) is 13.4. The number of hydrogen-bond acceptors (Lipinski definition) is 5. The summed E-state index contributed by atoms with van der Waals surface area (Å²) in [5, 5.41) is 14.0. The topological polar surface area (TPSA) is 92.6 Å². The molecule has 0 spiro atoms. The molecule has 34 heavy (non-hydrogen) atoms. The van der Waals surface area contributed by atoms with Gasteiger partial charge in [0.2, 0.25) is 11.8 Å². The van der Waals surface area contributed by atoms with Crippen molar-refractivity contribution in [3.63, 3.8) is 0 Å². The average molecular weight is 549 g/mol. The van der Waals surface area contributed by atoms with Gasteiger partial charge in [0.1, 0.15) is 6.04 Å². The molecule has 2 aromatic rings. The molecule has 1 N–H and O–H groups in total. The lowest BCUT2D eigenvalue weighted by Crippen LogP contribution is -2.50. The number of benzene rings is 2. The molecule has 2 amide bonds. The van der Waals surface area contributed by atoms with E-state index in [2.05, 4.69) is 21.2 Å². The Labute approximate surface area is 213 Å². The summed E-state index contributed by atoms with van der Waals surface area (Å²) >= 11 is 4.87. The van der Waals surface area contributed by atoms with Crippen LogP contribution < -0.4 is 5.32 Å². The zero-order chi connectivity index (χ0) is 24.5. The van der Waals surface area contributed by atoms with Crippen molar-refractivity contribution in [1.82, 2.24) is 10.2 Å². The van der Waals surface area contributed by atoms with Crippen LogP contribution in [-0.2, 0) is 21.9 Å². The van der Waals surface area contributed by atoms with Gasteiger partial charge in [-0.05, 0) is 43.0 Å². The normalized spacial score (nSPS) is 14.9. The maximum absolute atomic E-state index is 13.2. The van der Waals surface area contributed by atoms with Gasteiger partial charge < -0.3 is 10.2 Å². The molecule has 0 bridgehead atoms. The second-order valence-corrected chi connectivity index (χ2v) is 10.5. The van der Waals surface area contributed by atoms with Crippen LogP contribution >= 0.6 is 27.7 Å². The summed E-state index contributed by atoms with van der Waals surface area (Å²) in [4.78, 5) is 38.3. The molecule has 0 aromatic heterocycles. The zero-order valence-electron chi connectivity index (χ0n) is 19.2. The van der Waals surface area contributed by atoms with Crippen molar-refractivity contribution in [1.29, 1.82) is 0 Å². The molecule has 0 aliphatic heterocycles. The number of non-ortho nitro benzene ring substituents is 1. The maximum atomic E-state index is 13.2. The second-order valence-electron chi connectivity index (χ2n) is 8.58. The summed E-state index contributed by atoms with van der Waals surface area (Å²) in [6.07, 6.45) is 5.44. The van der Waals surface area contributed by atoms with Crippen molar-refractivity contribution in [2.45, 2.75) is 63.4 Å². The fraction of sp³-hybridized carbons (Fsp3) is 0.440. The first-order chi connectivity index (χ1) is 16.3. The van der Waals surface area contributed by atoms with Crippen LogP contribution in [0.25, 0.3) is 0 Å². The summed E-state index contributed by atoms with van der Waals surface area (Å²) < 4.78 is 0.955. The molecule has 3 rings (SSSR count). The lowest BCUT2D eigenvalue weighted by atomic mass is 9.95. The molecule has 0 saturated heterocycles. The minimum absolute atomic E-state index is 0.0447. The van der Waals surface area contributed by atoms with Gasteiger partial charge in [0.15, 0.2) is 0 Å². The zero-order valence-corrected chi connectivity index (χ0v) is 21.6. The van der Waals surface area contributed by atoms with Crippen molar-refractivity contribution in [2.24, 2.45) is 0 Å². The monoisotopic (exact) mass is 547 g/mol. The first-order valence-electron chi connectivity index (χ1n) is 11.5. The number of amides is 2. The molecule has 1 atom stereocenters. The van der Waals surface area contributed by atoms with E-state index in [1.807, 2.05) is 24.3 Å². The highest BCUT2D eigenvalue weighted by Gasteiger charge is 2.28. The Bertz CT molecular complexity index is 979. The molecule has 0 radical (unpaired) electrons. The molecule has 182 valence electrons. The molecule has 0 unspecified atom stereocenters. The van der Waals surface area contributed by atoms with E-state index < -0.39 is 11.0 Å². The minimum Gasteiger partial charge on any atom is -0.352 e. The van der Waals surface area contributed by atoms with E-state index in [0.29, 0.717) is 12.3 Å². The Morgan fingerprint density at radius 2 is 1.71 bits per heavy atom.